The maximum Gasteiger partial charge on any atom is 0.262 e. The summed E-state index contributed by atoms with van der Waals surface area (Å²) in [5, 5.41) is 10.3. The summed E-state index contributed by atoms with van der Waals surface area (Å²) in [4.78, 5) is 43.2. The van der Waals surface area contributed by atoms with Crippen LogP contribution in [0.15, 0.2) is 36.9 Å². The van der Waals surface area contributed by atoms with Crippen LogP contribution in [-0.2, 0) is 21.4 Å². The Hall–Kier alpha value is -3.82. The van der Waals surface area contributed by atoms with Crippen LogP contribution in [0.1, 0.15) is 24.5 Å². The number of carbonyl (C=O) groups is 3. The van der Waals surface area contributed by atoms with Crippen molar-refractivity contribution in [3.63, 3.8) is 0 Å². The van der Waals surface area contributed by atoms with Crippen molar-refractivity contribution in [1.82, 2.24) is 25.1 Å². The third-order valence-electron chi connectivity index (χ3n) is 4.64. The molecule has 4 rings (SSSR count). The van der Waals surface area contributed by atoms with Crippen LogP contribution in [0.25, 0.3) is 10.9 Å². The summed E-state index contributed by atoms with van der Waals surface area (Å²) in [5.41, 5.74) is 1.87. The van der Waals surface area contributed by atoms with Crippen molar-refractivity contribution in [2.75, 3.05) is 11.9 Å². The molecule has 1 saturated heterocycles. The molecule has 0 spiro atoms. The molecule has 1 atom stereocenters. The Morgan fingerprint density at radius 3 is 2.86 bits per heavy atom. The minimum Gasteiger partial charge on any atom is -0.484 e. The van der Waals surface area contributed by atoms with Gasteiger partial charge in [0, 0.05) is 24.9 Å². The highest BCUT2D eigenvalue weighted by Crippen LogP contribution is 2.31. The summed E-state index contributed by atoms with van der Waals surface area (Å²) in [6.45, 7) is -0.182. The molecular formula is C19H18N6O4. The van der Waals surface area contributed by atoms with Crippen molar-refractivity contribution in [3.05, 3.63) is 42.6 Å². The lowest BCUT2D eigenvalue weighted by Gasteiger charge is -2.19. The van der Waals surface area contributed by atoms with Gasteiger partial charge < -0.3 is 10.1 Å². The zero-order chi connectivity index (χ0) is 20.4. The van der Waals surface area contributed by atoms with Gasteiger partial charge in [-0.05, 0) is 18.6 Å². The number of ether oxygens (including phenoxy) is 1. The molecule has 1 aliphatic heterocycles. The number of amides is 3. The second-order valence-corrected chi connectivity index (χ2v) is 6.66. The molecule has 0 radical (unpaired) electrons. The van der Waals surface area contributed by atoms with Crippen molar-refractivity contribution >= 4 is 34.3 Å². The van der Waals surface area contributed by atoms with E-state index < -0.39 is 5.92 Å². The molecule has 3 heterocycles. The minimum atomic E-state index is -0.470. The van der Waals surface area contributed by atoms with Crippen LogP contribution in [0.2, 0.25) is 0 Å². The number of nitrogens with one attached hydrogen (secondary N) is 2. The first kappa shape index (κ1) is 18.5. The Bertz CT molecular complexity index is 1090. The monoisotopic (exact) mass is 394 g/mol. The Morgan fingerprint density at radius 2 is 2.10 bits per heavy atom. The van der Waals surface area contributed by atoms with Gasteiger partial charge in [-0.2, -0.15) is 5.10 Å². The van der Waals surface area contributed by atoms with Gasteiger partial charge in [0.05, 0.1) is 35.2 Å². The van der Waals surface area contributed by atoms with Crippen LogP contribution in [-0.4, -0.2) is 44.1 Å². The maximum absolute atomic E-state index is 12.2. The van der Waals surface area contributed by atoms with Gasteiger partial charge in [-0.1, -0.05) is 0 Å². The second kappa shape index (κ2) is 7.66. The van der Waals surface area contributed by atoms with E-state index in [1.807, 2.05) is 0 Å². The van der Waals surface area contributed by atoms with Gasteiger partial charge in [0.15, 0.2) is 6.61 Å². The van der Waals surface area contributed by atoms with Gasteiger partial charge >= 0.3 is 0 Å². The van der Waals surface area contributed by atoms with Crippen LogP contribution in [0.5, 0.6) is 5.75 Å². The molecule has 3 amide bonds. The van der Waals surface area contributed by atoms with E-state index in [1.54, 1.807) is 29.9 Å². The van der Waals surface area contributed by atoms with Crippen LogP contribution >= 0.6 is 0 Å². The standard InChI is InChI=1S/C19H18N6O4/c1-25-15-6-12(29-9-17(27)22-11-7-20-10-21-8-11)2-3-13(15)18(24-25)14-4-5-16(26)23-19(14)28/h2-3,6-8,10,14H,4-5,9H2,1H3,(H,22,27)(H,23,26,28). The summed E-state index contributed by atoms with van der Waals surface area (Å²) in [6.07, 6.45) is 5.07. The van der Waals surface area contributed by atoms with Crippen molar-refractivity contribution in [1.29, 1.82) is 0 Å². The maximum atomic E-state index is 12.2. The number of fused-ring (bicyclic) bond motifs is 1. The van der Waals surface area contributed by atoms with Crippen molar-refractivity contribution in [3.8, 4) is 5.75 Å². The van der Waals surface area contributed by atoms with Gasteiger partial charge in [-0.3, -0.25) is 24.4 Å². The van der Waals surface area contributed by atoms with Gasteiger partial charge in [-0.25, -0.2) is 9.97 Å². The smallest absolute Gasteiger partial charge is 0.262 e. The summed E-state index contributed by atoms with van der Waals surface area (Å²) in [6, 6.07) is 5.29. The fraction of sp³-hybridized carbons (Fsp3) is 0.263. The highest BCUT2D eigenvalue weighted by atomic mass is 16.5. The average Bonchev–Trinajstić information content (AvgIpc) is 3.03. The number of anilines is 1. The second-order valence-electron chi connectivity index (χ2n) is 6.66. The van der Waals surface area contributed by atoms with Gasteiger partial charge in [0.25, 0.3) is 5.91 Å². The number of carbonyl (C=O) groups excluding carboxylic acids is 3. The van der Waals surface area contributed by atoms with E-state index in [9.17, 15) is 14.4 Å². The number of aromatic nitrogens is 4. The van der Waals surface area contributed by atoms with Crippen molar-refractivity contribution < 1.29 is 19.1 Å². The largest absolute Gasteiger partial charge is 0.484 e. The molecule has 0 aliphatic carbocycles. The van der Waals surface area contributed by atoms with E-state index in [2.05, 4.69) is 25.7 Å². The Labute approximate surface area is 165 Å². The van der Waals surface area contributed by atoms with Crippen LogP contribution in [0.4, 0.5) is 5.69 Å². The number of hydrogen-bond donors (Lipinski definition) is 2. The summed E-state index contributed by atoms with van der Waals surface area (Å²) in [7, 11) is 1.77. The Kier molecular flexibility index (Phi) is 4.90. The van der Waals surface area contributed by atoms with E-state index >= 15 is 0 Å². The predicted molar refractivity (Wildman–Crippen MR) is 102 cm³/mol. The molecule has 10 heteroatoms. The molecule has 1 aromatic carbocycles. The van der Waals surface area contributed by atoms with Crippen LogP contribution < -0.4 is 15.4 Å². The summed E-state index contributed by atoms with van der Waals surface area (Å²) < 4.78 is 7.23. The molecule has 148 valence electrons. The average molecular weight is 394 g/mol. The van der Waals surface area contributed by atoms with Gasteiger partial charge in [-0.15, -0.1) is 0 Å². The van der Waals surface area contributed by atoms with Crippen molar-refractivity contribution in [2.45, 2.75) is 18.8 Å². The van der Waals surface area contributed by atoms with E-state index in [1.165, 1.54) is 18.7 Å². The van der Waals surface area contributed by atoms with E-state index in [0.29, 0.717) is 23.6 Å². The molecule has 1 aliphatic rings. The first-order valence-electron chi connectivity index (χ1n) is 8.99. The zero-order valence-electron chi connectivity index (χ0n) is 15.6. The first-order chi connectivity index (χ1) is 14.0. The van der Waals surface area contributed by atoms with Gasteiger partial charge in [0.2, 0.25) is 11.8 Å². The van der Waals surface area contributed by atoms with E-state index in [4.69, 9.17) is 4.74 Å². The van der Waals surface area contributed by atoms with E-state index in [0.717, 1.165) is 10.9 Å². The number of imide groups is 1. The number of hydrogen-bond acceptors (Lipinski definition) is 7. The molecule has 2 aromatic heterocycles. The topological polar surface area (TPSA) is 128 Å². The van der Waals surface area contributed by atoms with Crippen LogP contribution in [0, 0.1) is 0 Å². The number of piperidine rings is 1. The fourth-order valence-corrected chi connectivity index (χ4v) is 3.28. The van der Waals surface area contributed by atoms with Crippen molar-refractivity contribution in [2.24, 2.45) is 7.05 Å². The zero-order valence-corrected chi connectivity index (χ0v) is 15.6. The Morgan fingerprint density at radius 1 is 1.31 bits per heavy atom. The molecule has 3 aromatic rings. The summed E-state index contributed by atoms with van der Waals surface area (Å²) in [5.74, 6) is -0.906. The van der Waals surface area contributed by atoms with Crippen LogP contribution in [0.3, 0.4) is 0 Å². The number of benzene rings is 1. The van der Waals surface area contributed by atoms with Gasteiger partial charge in [0.1, 0.15) is 12.1 Å². The fourth-order valence-electron chi connectivity index (χ4n) is 3.28. The lowest BCUT2D eigenvalue weighted by atomic mass is 9.93. The summed E-state index contributed by atoms with van der Waals surface area (Å²) >= 11 is 0. The number of aryl methyl sites for hydroxylation is 1. The van der Waals surface area contributed by atoms with E-state index in [-0.39, 0.29) is 30.7 Å². The predicted octanol–water partition coefficient (Wildman–Crippen LogP) is 0.901. The molecule has 0 saturated carbocycles. The normalized spacial score (nSPS) is 16.5. The molecular weight excluding hydrogens is 376 g/mol. The molecule has 29 heavy (non-hydrogen) atoms. The quantitative estimate of drug-likeness (QED) is 0.615. The highest BCUT2D eigenvalue weighted by molar-refractivity contribution is 6.02. The minimum absolute atomic E-state index is 0.182. The highest BCUT2D eigenvalue weighted by Gasteiger charge is 2.31. The third kappa shape index (κ3) is 3.91. The first-order valence-corrected chi connectivity index (χ1v) is 8.99. The lowest BCUT2D eigenvalue weighted by Crippen LogP contribution is -2.39. The molecule has 2 N–H and O–H groups in total. The molecule has 1 fully saturated rings. The molecule has 1 unspecified atom stereocenters. The molecule has 10 nitrogen and oxygen atoms in total. The SMILES string of the molecule is Cn1nc(C2CCC(=O)NC2=O)c2ccc(OCC(=O)Nc3cncnc3)cc21. The lowest BCUT2D eigenvalue weighted by molar-refractivity contribution is -0.134. The Balaban J connectivity index is 1.48. The molecule has 0 bridgehead atoms. The number of nitrogens with zero attached hydrogens (tertiary/aromatic N) is 4. The third-order valence-corrected chi connectivity index (χ3v) is 4.64. The number of rotatable bonds is 5.